The molecule has 5 heteroatoms. The molecule has 1 heterocycles. The van der Waals surface area contributed by atoms with Crippen molar-refractivity contribution in [1.82, 2.24) is 0 Å². The highest BCUT2D eigenvalue weighted by Gasteiger charge is 2.08. The molecule has 0 bridgehead atoms. The molecule has 0 amide bonds. The third-order valence-corrected chi connectivity index (χ3v) is 6.38. The smallest absolute Gasteiger partial charge is 0.195 e. The average Bonchev–Trinajstić information content (AvgIpc) is 3.19. The van der Waals surface area contributed by atoms with Crippen LogP contribution in [0, 0.1) is 0 Å². The normalized spacial score (nSPS) is 11.2. The van der Waals surface area contributed by atoms with Crippen LogP contribution in [-0.2, 0) is 0 Å². The molecule has 30 heavy (non-hydrogen) atoms. The van der Waals surface area contributed by atoms with Crippen LogP contribution < -0.4 is 9.47 Å². The van der Waals surface area contributed by atoms with Gasteiger partial charge in [0.15, 0.2) is 5.78 Å². The maximum absolute atomic E-state index is 12.4. The molecule has 1 aromatic heterocycles. The number of carbonyl (C=O) groups is 1. The molecular formula is C25H33BrO3S. The summed E-state index contributed by atoms with van der Waals surface area (Å²) in [6, 6.07) is 9.60. The minimum absolute atomic E-state index is 0.00385. The highest BCUT2D eigenvalue weighted by atomic mass is 79.9. The fourth-order valence-electron chi connectivity index (χ4n) is 2.99. The number of hydrogen-bond acceptors (Lipinski definition) is 4. The summed E-state index contributed by atoms with van der Waals surface area (Å²) in [6.07, 6.45) is 12.8. The first-order valence-electron chi connectivity index (χ1n) is 11.0. The second-order valence-corrected chi connectivity index (χ2v) is 9.78. The Morgan fingerprint density at radius 2 is 1.63 bits per heavy atom. The number of benzene rings is 1. The van der Waals surface area contributed by atoms with E-state index in [9.17, 15) is 4.79 Å². The second-order valence-electron chi connectivity index (χ2n) is 7.32. The van der Waals surface area contributed by atoms with Crippen LogP contribution in [0.5, 0.6) is 11.5 Å². The summed E-state index contributed by atoms with van der Waals surface area (Å²) < 4.78 is 12.9. The third-order valence-electron chi connectivity index (χ3n) is 4.74. The lowest BCUT2D eigenvalue weighted by Gasteiger charge is -2.12. The molecule has 0 saturated carbocycles. The van der Waals surface area contributed by atoms with E-state index in [-0.39, 0.29) is 5.78 Å². The molecule has 0 saturated heterocycles. The molecule has 164 valence electrons. The topological polar surface area (TPSA) is 35.5 Å². The van der Waals surface area contributed by atoms with Crippen LogP contribution in [0.1, 0.15) is 80.4 Å². The van der Waals surface area contributed by atoms with Gasteiger partial charge in [-0.3, -0.25) is 4.79 Å². The van der Waals surface area contributed by atoms with Crippen molar-refractivity contribution in [1.29, 1.82) is 0 Å². The van der Waals surface area contributed by atoms with Crippen molar-refractivity contribution in [3.05, 3.63) is 50.6 Å². The number of thiophene rings is 1. The first-order chi connectivity index (χ1) is 14.6. The lowest BCUT2D eigenvalue weighted by molar-refractivity contribution is 0.105. The van der Waals surface area contributed by atoms with Crippen molar-refractivity contribution in [3.8, 4) is 11.5 Å². The molecule has 0 fully saturated rings. The summed E-state index contributed by atoms with van der Waals surface area (Å²) in [4.78, 5) is 13.1. The van der Waals surface area contributed by atoms with Gasteiger partial charge in [0.1, 0.15) is 11.5 Å². The van der Waals surface area contributed by atoms with Crippen molar-refractivity contribution in [2.75, 3.05) is 13.2 Å². The number of hydrogen-bond donors (Lipinski definition) is 0. The van der Waals surface area contributed by atoms with Crippen molar-refractivity contribution in [3.63, 3.8) is 0 Å². The summed E-state index contributed by atoms with van der Waals surface area (Å²) in [5, 5.41) is 0. The minimum Gasteiger partial charge on any atom is -0.493 e. The van der Waals surface area contributed by atoms with Crippen LogP contribution in [0.3, 0.4) is 0 Å². The fraction of sp³-hybridized carbons (Fsp3) is 0.480. The Balaban J connectivity index is 2.03. The van der Waals surface area contributed by atoms with Crippen LogP contribution in [0.4, 0.5) is 0 Å². The molecule has 2 aromatic rings. The zero-order chi connectivity index (χ0) is 21.6. The Morgan fingerprint density at radius 1 is 0.933 bits per heavy atom. The number of ketones is 1. The molecule has 0 atom stereocenters. The van der Waals surface area contributed by atoms with Gasteiger partial charge in [-0.1, -0.05) is 52.4 Å². The fourth-order valence-corrected chi connectivity index (χ4v) is 4.30. The van der Waals surface area contributed by atoms with Gasteiger partial charge in [0, 0.05) is 11.6 Å². The number of rotatable bonds is 15. The van der Waals surface area contributed by atoms with E-state index in [4.69, 9.17) is 9.47 Å². The molecule has 0 aliphatic rings. The van der Waals surface area contributed by atoms with Crippen LogP contribution in [0.2, 0.25) is 0 Å². The van der Waals surface area contributed by atoms with Crippen LogP contribution in [0.15, 0.2) is 40.2 Å². The van der Waals surface area contributed by atoms with Crippen LogP contribution in [-0.4, -0.2) is 19.0 Å². The average molecular weight is 494 g/mol. The summed E-state index contributed by atoms with van der Waals surface area (Å²) in [5.41, 5.74) is 0.896. The van der Waals surface area contributed by atoms with Gasteiger partial charge in [-0.25, -0.2) is 0 Å². The third kappa shape index (κ3) is 9.05. The number of allylic oxidation sites excluding steroid dienone is 1. The van der Waals surface area contributed by atoms with E-state index in [2.05, 4.69) is 29.8 Å². The Bertz CT molecular complexity index is 797. The SMILES string of the molecule is CCCCCCOc1ccc(C=CC(=O)c2ccc(Br)s2)c(OCCCCCC)c1. The number of unbranched alkanes of at least 4 members (excludes halogenated alkanes) is 6. The predicted molar refractivity (Wildman–Crippen MR) is 131 cm³/mol. The highest BCUT2D eigenvalue weighted by Crippen LogP contribution is 2.28. The van der Waals surface area contributed by atoms with Crippen molar-refractivity contribution in [2.24, 2.45) is 0 Å². The van der Waals surface area contributed by atoms with E-state index < -0.39 is 0 Å². The summed E-state index contributed by atoms with van der Waals surface area (Å²) in [6.45, 7) is 5.80. The molecule has 1 aromatic carbocycles. The number of ether oxygens (including phenoxy) is 2. The molecule has 0 aliphatic carbocycles. The standard InChI is InChI=1S/C25H33BrO3S/c1-3-5-7-9-17-28-21-13-11-20(23(19-21)29-18-10-8-6-4-2)12-14-22(27)24-15-16-25(26)30-24/h11-16,19H,3-10,17-18H2,1-2H3. The first-order valence-corrected chi connectivity index (χ1v) is 12.6. The molecule has 2 rings (SSSR count). The highest BCUT2D eigenvalue weighted by molar-refractivity contribution is 9.11. The van der Waals surface area contributed by atoms with Gasteiger partial charge in [-0.2, -0.15) is 0 Å². The maximum Gasteiger partial charge on any atom is 0.195 e. The lowest BCUT2D eigenvalue weighted by Crippen LogP contribution is -2.01. The second kappa shape index (κ2) is 14.4. The van der Waals surface area contributed by atoms with E-state index >= 15 is 0 Å². The number of carbonyl (C=O) groups excluding carboxylic acids is 1. The van der Waals surface area contributed by atoms with Crippen LogP contribution >= 0.6 is 27.3 Å². The van der Waals surface area contributed by atoms with E-state index in [1.54, 1.807) is 6.08 Å². The van der Waals surface area contributed by atoms with Gasteiger partial charge in [0.25, 0.3) is 0 Å². The van der Waals surface area contributed by atoms with Crippen LogP contribution in [0.25, 0.3) is 6.08 Å². The molecule has 0 N–H and O–H groups in total. The lowest BCUT2D eigenvalue weighted by atomic mass is 10.1. The Kier molecular flexibility index (Phi) is 11.9. The monoisotopic (exact) mass is 492 g/mol. The Hall–Kier alpha value is -1.59. The predicted octanol–water partition coefficient (Wildman–Crippen LogP) is 8.32. The van der Waals surface area contributed by atoms with Gasteiger partial charge < -0.3 is 9.47 Å². The molecule has 0 radical (unpaired) electrons. The first kappa shape index (κ1) is 24.7. The summed E-state index contributed by atoms with van der Waals surface area (Å²) in [5.74, 6) is 1.59. The zero-order valence-corrected chi connectivity index (χ0v) is 20.5. The van der Waals surface area contributed by atoms with Gasteiger partial charge in [0.2, 0.25) is 0 Å². The molecule has 0 spiro atoms. The molecule has 0 unspecified atom stereocenters. The van der Waals surface area contributed by atoms with Gasteiger partial charge in [-0.05, 0) is 65.2 Å². The quantitative estimate of drug-likeness (QED) is 0.142. The number of halogens is 1. The van der Waals surface area contributed by atoms with Crippen molar-refractivity contribution in [2.45, 2.75) is 65.2 Å². The molecular weight excluding hydrogens is 460 g/mol. The summed E-state index contributed by atoms with van der Waals surface area (Å²) >= 11 is 4.84. The summed E-state index contributed by atoms with van der Waals surface area (Å²) in [7, 11) is 0. The minimum atomic E-state index is -0.00385. The zero-order valence-electron chi connectivity index (χ0n) is 18.1. The van der Waals surface area contributed by atoms with E-state index in [0.717, 1.165) is 40.3 Å². The van der Waals surface area contributed by atoms with E-state index in [1.807, 2.05) is 36.4 Å². The van der Waals surface area contributed by atoms with E-state index in [0.29, 0.717) is 11.5 Å². The Morgan fingerprint density at radius 3 is 2.27 bits per heavy atom. The van der Waals surface area contributed by atoms with Crippen molar-refractivity contribution < 1.29 is 14.3 Å². The Labute approximate surface area is 193 Å². The maximum atomic E-state index is 12.4. The van der Waals surface area contributed by atoms with Gasteiger partial charge in [0.05, 0.1) is 21.9 Å². The largest absolute Gasteiger partial charge is 0.493 e. The van der Waals surface area contributed by atoms with Gasteiger partial charge >= 0.3 is 0 Å². The molecule has 3 nitrogen and oxygen atoms in total. The molecule has 0 aliphatic heterocycles. The van der Waals surface area contributed by atoms with Crippen molar-refractivity contribution >= 4 is 39.1 Å². The van der Waals surface area contributed by atoms with Gasteiger partial charge in [-0.15, -0.1) is 11.3 Å². The van der Waals surface area contributed by atoms with E-state index in [1.165, 1.54) is 49.9 Å².